The van der Waals surface area contributed by atoms with Gasteiger partial charge in [0, 0.05) is 15.8 Å². The second kappa shape index (κ2) is 8.65. The Hall–Kier alpha value is -1.35. The van der Waals surface area contributed by atoms with Crippen LogP contribution in [0.4, 0.5) is 0 Å². The Balaban J connectivity index is 0.00000181. The number of benzene rings is 1. The van der Waals surface area contributed by atoms with Crippen molar-refractivity contribution in [3.05, 3.63) is 35.4 Å². The summed E-state index contributed by atoms with van der Waals surface area (Å²) in [6.45, 7) is 11.4. The van der Waals surface area contributed by atoms with Crippen LogP contribution in [0.25, 0.3) is 0 Å². The van der Waals surface area contributed by atoms with E-state index in [0.717, 1.165) is 18.4 Å². The smallest absolute Gasteiger partial charge is 0.217 e. The van der Waals surface area contributed by atoms with E-state index in [2.05, 4.69) is 55.3 Å². The summed E-state index contributed by atoms with van der Waals surface area (Å²) in [5, 5.41) is 3.19. The van der Waals surface area contributed by atoms with Crippen molar-refractivity contribution in [1.29, 1.82) is 0 Å². The molecule has 2 aliphatic carbocycles. The topological polar surface area (TPSA) is 32.3 Å². The third-order valence-electron chi connectivity index (χ3n) is 9.18. The van der Waals surface area contributed by atoms with E-state index < -0.39 is 0 Å². The third-order valence-corrected chi connectivity index (χ3v) is 9.18. The Morgan fingerprint density at radius 3 is 2.40 bits per heavy atom. The minimum absolute atomic E-state index is 0. The zero-order chi connectivity index (χ0) is 21.4. The molecule has 1 atom stereocenters. The van der Waals surface area contributed by atoms with Crippen LogP contribution in [0.3, 0.4) is 0 Å². The molecule has 1 aliphatic heterocycles. The van der Waals surface area contributed by atoms with Crippen molar-refractivity contribution in [3.63, 3.8) is 0 Å². The molecule has 1 saturated carbocycles. The maximum absolute atomic E-state index is 11.7. The quantitative estimate of drug-likeness (QED) is 0.611. The average molecular weight is 415 g/mol. The predicted octanol–water partition coefficient (Wildman–Crippen LogP) is 6.48. The number of amides is 1. The van der Waals surface area contributed by atoms with Crippen molar-refractivity contribution in [3.8, 4) is 0 Å². The van der Waals surface area contributed by atoms with Crippen LogP contribution in [-0.2, 0) is 10.2 Å². The summed E-state index contributed by atoms with van der Waals surface area (Å²) >= 11 is 0. The van der Waals surface area contributed by atoms with E-state index in [0.29, 0.717) is 10.8 Å². The number of nitrogens with zero attached hydrogens (tertiary/aromatic N) is 1. The van der Waals surface area contributed by atoms with Gasteiger partial charge in [-0.05, 0) is 92.3 Å². The van der Waals surface area contributed by atoms with Gasteiger partial charge >= 0.3 is 0 Å². The molecule has 1 amide bonds. The summed E-state index contributed by atoms with van der Waals surface area (Å²) in [6, 6.07) is 9.92. The number of rotatable bonds is 4. The maximum Gasteiger partial charge on any atom is 0.217 e. The molecule has 170 valence electrons. The number of carbonyl (C=O) groups is 1. The second-order valence-corrected chi connectivity index (χ2v) is 11.0. The number of carbonyl (C=O) groups excluding carboxylic acids is 1. The van der Waals surface area contributed by atoms with Crippen LogP contribution in [0.15, 0.2) is 24.3 Å². The first-order valence-electron chi connectivity index (χ1n) is 12.5. The van der Waals surface area contributed by atoms with Crippen LogP contribution >= 0.6 is 0 Å². The zero-order valence-corrected chi connectivity index (χ0v) is 19.7. The molecule has 1 spiro atoms. The van der Waals surface area contributed by atoms with Gasteiger partial charge in [0.25, 0.3) is 0 Å². The Bertz CT molecular complexity index is 750. The Labute approximate surface area is 187 Å². The van der Waals surface area contributed by atoms with E-state index >= 15 is 0 Å². The van der Waals surface area contributed by atoms with Gasteiger partial charge in [-0.3, -0.25) is 4.79 Å². The standard InChI is InChI=1S/C27H42N2O.2H2/c1-5-26(3,4)21-10-12-22(13-11-21)29-18-16-27(17-19-29)15-14-25(28-20(2)30)23-8-6-7-9-24(23)27;;/h6-9,21-22,25H,5,10-19H2,1-4H3,(H,28,30);2*1H/t21?,22?,25-;;/m0../s1. The summed E-state index contributed by atoms with van der Waals surface area (Å²) in [5.41, 5.74) is 3.72. The Morgan fingerprint density at radius 2 is 1.77 bits per heavy atom. The van der Waals surface area contributed by atoms with Crippen molar-refractivity contribution in [2.24, 2.45) is 11.3 Å². The van der Waals surface area contributed by atoms with Gasteiger partial charge in [-0.2, -0.15) is 0 Å². The molecule has 1 aromatic carbocycles. The first kappa shape index (κ1) is 21.9. The monoisotopic (exact) mass is 414 g/mol. The average Bonchev–Trinajstić information content (AvgIpc) is 2.76. The van der Waals surface area contributed by atoms with Crippen molar-refractivity contribution in [2.75, 3.05) is 13.1 Å². The van der Waals surface area contributed by atoms with Crippen LogP contribution in [0.5, 0.6) is 0 Å². The summed E-state index contributed by atoms with van der Waals surface area (Å²) in [7, 11) is 0. The predicted molar refractivity (Wildman–Crippen MR) is 129 cm³/mol. The molecule has 3 nitrogen and oxygen atoms in total. The fourth-order valence-corrected chi connectivity index (χ4v) is 6.74. The molecule has 1 aromatic rings. The fraction of sp³-hybridized carbons (Fsp3) is 0.741. The number of fused-ring (bicyclic) bond motifs is 2. The van der Waals surface area contributed by atoms with Gasteiger partial charge < -0.3 is 10.2 Å². The number of piperidine rings is 1. The number of nitrogens with one attached hydrogen (secondary N) is 1. The highest BCUT2D eigenvalue weighted by Gasteiger charge is 2.43. The molecular formula is C27H46N2O. The van der Waals surface area contributed by atoms with Crippen molar-refractivity contribution in [1.82, 2.24) is 10.2 Å². The fourth-order valence-electron chi connectivity index (χ4n) is 6.74. The summed E-state index contributed by atoms with van der Waals surface area (Å²) < 4.78 is 0. The molecule has 0 aromatic heterocycles. The first-order chi connectivity index (χ1) is 14.3. The lowest BCUT2D eigenvalue weighted by Gasteiger charge is -2.50. The normalized spacial score (nSPS) is 29.4. The summed E-state index contributed by atoms with van der Waals surface area (Å²) in [5.74, 6) is 0.994. The van der Waals surface area contributed by atoms with Gasteiger partial charge in [0.05, 0.1) is 6.04 Å². The summed E-state index contributed by atoms with van der Waals surface area (Å²) in [4.78, 5) is 14.5. The van der Waals surface area contributed by atoms with Gasteiger partial charge in [-0.1, -0.05) is 51.5 Å². The molecule has 1 N–H and O–H groups in total. The summed E-state index contributed by atoms with van der Waals surface area (Å²) in [6.07, 6.45) is 11.7. The molecule has 2 fully saturated rings. The molecule has 3 aliphatic rings. The molecule has 0 unspecified atom stereocenters. The van der Waals surface area contributed by atoms with E-state index in [1.54, 1.807) is 6.92 Å². The molecule has 30 heavy (non-hydrogen) atoms. The molecule has 3 heteroatoms. The van der Waals surface area contributed by atoms with Gasteiger partial charge in [0.2, 0.25) is 5.91 Å². The minimum atomic E-state index is 0. The molecule has 0 bridgehead atoms. The third kappa shape index (κ3) is 4.20. The zero-order valence-electron chi connectivity index (χ0n) is 19.7. The van der Waals surface area contributed by atoms with E-state index in [-0.39, 0.29) is 14.8 Å². The lowest BCUT2D eigenvalue weighted by Crippen LogP contribution is -2.50. The number of hydrogen-bond acceptors (Lipinski definition) is 2. The molecule has 1 heterocycles. The lowest BCUT2D eigenvalue weighted by molar-refractivity contribution is -0.119. The van der Waals surface area contributed by atoms with E-state index in [1.807, 2.05) is 0 Å². The van der Waals surface area contributed by atoms with E-state index in [4.69, 9.17) is 0 Å². The van der Waals surface area contributed by atoms with Gasteiger partial charge in [0.1, 0.15) is 0 Å². The maximum atomic E-state index is 11.7. The Kier molecular flexibility index (Phi) is 6.30. The molecular weight excluding hydrogens is 368 g/mol. The van der Waals surface area contributed by atoms with Crippen molar-refractivity contribution < 1.29 is 7.65 Å². The van der Waals surface area contributed by atoms with Gasteiger partial charge in [0.15, 0.2) is 0 Å². The van der Waals surface area contributed by atoms with Crippen LogP contribution in [0.1, 0.15) is 106 Å². The SMILES string of the molecule is CCC(C)(C)C1CCC(N2CCC3(CC[C@H](NC(C)=O)c4ccccc43)CC2)CC1.[HH].[HH]. The van der Waals surface area contributed by atoms with Crippen molar-refractivity contribution in [2.45, 2.75) is 103 Å². The Morgan fingerprint density at radius 1 is 1.10 bits per heavy atom. The molecule has 0 radical (unpaired) electrons. The van der Waals surface area contributed by atoms with Gasteiger partial charge in [-0.15, -0.1) is 0 Å². The van der Waals surface area contributed by atoms with E-state index in [1.165, 1.54) is 75.6 Å². The molecule has 4 rings (SSSR count). The van der Waals surface area contributed by atoms with Gasteiger partial charge in [-0.25, -0.2) is 0 Å². The highest BCUT2D eigenvalue weighted by molar-refractivity contribution is 5.73. The van der Waals surface area contributed by atoms with E-state index in [9.17, 15) is 4.79 Å². The molecule has 1 saturated heterocycles. The van der Waals surface area contributed by atoms with Crippen LogP contribution in [0, 0.1) is 11.3 Å². The van der Waals surface area contributed by atoms with Crippen LogP contribution in [-0.4, -0.2) is 29.9 Å². The van der Waals surface area contributed by atoms with Crippen LogP contribution < -0.4 is 5.32 Å². The highest BCUT2D eigenvalue weighted by atomic mass is 16.1. The highest BCUT2D eigenvalue weighted by Crippen LogP contribution is 2.49. The second-order valence-electron chi connectivity index (χ2n) is 11.0. The van der Waals surface area contributed by atoms with Crippen LogP contribution in [0.2, 0.25) is 0 Å². The first-order valence-corrected chi connectivity index (χ1v) is 12.5. The number of hydrogen-bond donors (Lipinski definition) is 1. The number of likely N-dealkylation sites (tertiary alicyclic amines) is 1. The lowest BCUT2D eigenvalue weighted by atomic mass is 9.63. The van der Waals surface area contributed by atoms with Crippen molar-refractivity contribution >= 4 is 5.91 Å². The minimum Gasteiger partial charge on any atom is -0.350 e. The largest absolute Gasteiger partial charge is 0.350 e.